The highest BCUT2D eigenvalue weighted by Crippen LogP contribution is 2.44. The van der Waals surface area contributed by atoms with Crippen LogP contribution in [0.5, 0.6) is 0 Å². The van der Waals surface area contributed by atoms with Crippen LogP contribution in [0.2, 0.25) is 0 Å². The van der Waals surface area contributed by atoms with Crippen LogP contribution in [0.3, 0.4) is 0 Å². The number of benzene rings is 1. The lowest BCUT2D eigenvalue weighted by atomic mass is 9.67. The van der Waals surface area contributed by atoms with Crippen molar-refractivity contribution < 1.29 is 14.3 Å². The van der Waals surface area contributed by atoms with Crippen molar-refractivity contribution in [3.8, 4) is 0 Å². The smallest absolute Gasteiger partial charge is 0.412 e. The van der Waals surface area contributed by atoms with Crippen molar-refractivity contribution >= 4 is 41.7 Å². The molecule has 32 heavy (non-hydrogen) atoms. The molecule has 1 saturated carbocycles. The van der Waals surface area contributed by atoms with Gasteiger partial charge in [-0.1, -0.05) is 18.6 Å². The number of anilines is 1. The van der Waals surface area contributed by atoms with Crippen LogP contribution in [0.1, 0.15) is 58.9 Å². The fourth-order valence-corrected chi connectivity index (χ4v) is 3.57. The summed E-state index contributed by atoms with van der Waals surface area (Å²) in [5.41, 5.74) is 1.72. The van der Waals surface area contributed by atoms with E-state index < -0.39 is 11.7 Å². The molecule has 2 rings (SSSR count). The summed E-state index contributed by atoms with van der Waals surface area (Å²) in [4.78, 5) is 16.7. The third-order valence-electron chi connectivity index (χ3n) is 5.47. The molecule has 0 aliphatic heterocycles. The van der Waals surface area contributed by atoms with Gasteiger partial charge in [0, 0.05) is 39.0 Å². The largest absolute Gasteiger partial charge is 0.444 e. The number of hydrogen-bond acceptors (Lipinski definition) is 4. The summed E-state index contributed by atoms with van der Waals surface area (Å²) in [6.45, 7) is 10.9. The molecule has 7 nitrogen and oxygen atoms in total. The molecule has 0 saturated heterocycles. The maximum absolute atomic E-state index is 11.9. The van der Waals surface area contributed by atoms with Crippen molar-refractivity contribution in [3.05, 3.63) is 29.8 Å². The minimum absolute atomic E-state index is 0. The maximum Gasteiger partial charge on any atom is 0.412 e. The predicted molar refractivity (Wildman–Crippen MR) is 142 cm³/mol. The molecular formula is C24H41IN4O3. The number of hydrogen-bond donors (Lipinski definition) is 3. The first kappa shape index (κ1) is 28.5. The van der Waals surface area contributed by atoms with Crippen molar-refractivity contribution in [2.45, 2.75) is 65.4 Å². The molecule has 0 bridgehead atoms. The molecule has 0 radical (unpaired) electrons. The molecule has 1 aliphatic carbocycles. The lowest BCUT2D eigenvalue weighted by Crippen LogP contribution is -2.41. The van der Waals surface area contributed by atoms with Crippen molar-refractivity contribution in [2.75, 3.05) is 38.7 Å². The number of rotatable bonds is 10. The highest BCUT2D eigenvalue weighted by atomic mass is 127. The SMILES string of the molecule is CCNC(=NCC1(CCOC)CCC1)NCCc1ccc(NC(=O)OC(C)(C)C)cc1.I. The van der Waals surface area contributed by atoms with Crippen LogP contribution < -0.4 is 16.0 Å². The van der Waals surface area contributed by atoms with E-state index in [1.54, 1.807) is 7.11 Å². The van der Waals surface area contributed by atoms with Crippen LogP contribution in [-0.4, -0.2) is 51.0 Å². The van der Waals surface area contributed by atoms with E-state index in [1.165, 1.54) is 24.8 Å². The highest BCUT2D eigenvalue weighted by molar-refractivity contribution is 14.0. The Morgan fingerprint density at radius 3 is 2.38 bits per heavy atom. The van der Waals surface area contributed by atoms with Gasteiger partial charge in [0.05, 0.1) is 0 Å². The standard InChI is InChI=1S/C24H40N4O3.HI/c1-6-25-21(27-18-24(13-7-14-24)15-17-30-5)26-16-12-19-8-10-20(11-9-19)28-22(29)31-23(2,3)4;/h8-11H,6-7,12-18H2,1-5H3,(H,28,29)(H2,25,26,27);1H. The number of nitrogens with one attached hydrogen (secondary N) is 3. The molecule has 0 atom stereocenters. The number of amides is 1. The fourth-order valence-electron chi connectivity index (χ4n) is 3.57. The van der Waals surface area contributed by atoms with E-state index >= 15 is 0 Å². The quantitative estimate of drug-likeness (QED) is 0.214. The number of ether oxygens (including phenoxy) is 2. The third kappa shape index (κ3) is 10.4. The lowest BCUT2D eigenvalue weighted by Gasteiger charge is -2.40. The minimum atomic E-state index is -0.510. The number of carbonyl (C=O) groups excluding carboxylic acids is 1. The van der Waals surface area contributed by atoms with Crippen molar-refractivity contribution in [3.63, 3.8) is 0 Å². The summed E-state index contributed by atoms with van der Waals surface area (Å²) in [6.07, 6.45) is 5.28. The fraction of sp³-hybridized carbons (Fsp3) is 0.667. The number of aliphatic imine (C=N–C) groups is 1. The molecule has 0 aromatic heterocycles. The maximum atomic E-state index is 11.9. The monoisotopic (exact) mass is 560 g/mol. The number of guanidine groups is 1. The highest BCUT2D eigenvalue weighted by Gasteiger charge is 2.36. The normalized spacial score (nSPS) is 15.2. The molecule has 0 spiro atoms. The van der Waals surface area contributed by atoms with Gasteiger partial charge in [-0.05, 0) is 76.5 Å². The molecule has 1 aliphatic rings. The average molecular weight is 561 g/mol. The Kier molecular flexibility index (Phi) is 12.3. The number of halogens is 1. The zero-order valence-electron chi connectivity index (χ0n) is 20.3. The van der Waals surface area contributed by atoms with Crippen LogP contribution >= 0.6 is 24.0 Å². The molecule has 1 fully saturated rings. The summed E-state index contributed by atoms with van der Waals surface area (Å²) in [5, 5.41) is 9.54. The topological polar surface area (TPSA) is 84.0 Å². The Morgan fingerprint density at radius 1 is 1.16 bits per heavy atom. The molecule has 182 valence electrons. The van der Waals surface area contributed by atoms with Crippen LogP contribution in [-0.2, 0) is 15.9 Å². The predicted octanol–water partition coefficient (Wildman–Crippen LogP) is 4.96. The van der Waals surface area contributed by atoms with E-state index in [9.17, 15) is 4.79 Å². The van der Waals surface area contributed by atoms with Gasteiger partial charge in [-0.25, -0.2) is 4.79 Å². The summed E-state index contributed by atoms with van der Waals surface area (Å²) < 4.78 is 10.6. The van der Waals surface area contributed by atoms with Crippen molar-refractivity contribution in [1.29, 1.82) is 0 Å². The number of carbonyl (C=O) groups is 1. The van der Waals surface area contributed by atoms with E-state index in [4.69, 9.17) is 14.5 Å². The van der Waals surface area contributed by atoms with Gasteiger partial charge in [0.15, 0.2) is 5.96 Å². The molecule has 8 heteroatoms. The van der Waals surface area contributed by atoms with Crippen molar-refractivity contribution in [2.24, 2.45) is 10.4 Å². The second kappa shape index (κ2) is 13.9. The van der Waals surface area contributed by atoms with E-state index in [2.05, 4.69) is 22.9 Å². The molecule has 1 aromatic carbocycles. The molecule has 1 aromatic rings. The van der Waals surface area contributed by atoms with Gasteiger partial charge in [-0.15, -0.1) is 24.0 Å². The molecular weight excluding hydrogens is 519 g/mol. The zero-order valence-corrected chi connectivity index (χ0v) is 22.6. The number of nitrogens with zero attached hydrogens (tertiary/aromatic N) is 1. The Labute approximate surface area is 210 Å². The van der Waals surface area contributed by atoms with Gasteiger partial charge in [-0.2, -0.15) is 0 Å². The first-order valence-electron chi connectivity index (χ1n) is 11.4. The first-order valence-corrected chi connectivity index (χ1v) is 11.4. The van der Waals surface area contributed by atoms with E-state index in [0.29, 0.717) is 5.41 Å². The summed E-state index contributed by atoms with van der Waals surface area (Å²) in [6, 6.07) is 7.84. The first-order chi connectivity index (χ1) is 14.8. The summed E-state index contributed by atoms with van der Waals surface area (Å²) in [7, 11) is 1.77. The molecule has 0 heterocycles. The molecule has 1 amide bonds. The summed E-state index contributed by atoms with van der Waals surface area (Å²) >= 11 is 0. The van der Waals surface area contributed by atoms with Gasteiger partial charge in [0.25, 0.3) is 0 Å². The van der Waals surface area contributed by atoms with Gasteiger partial charge in [-0.3, -0.25) is 10.3 Å². The van der Waals surface area contributed by atoms with Crippen LogP contribution in [0.4, 0.5) is 10.5 Å². The Hall–Kier alpha value is -1.55. The molecule has 3 N–H and O–H groups in total. The van der Waals surface area contributed by atoms with Gasteiger partial charge in [0.2, 0.25) is 0 Å². The second-order valence-corrected chi connectivity index (χ2v) is 9.29. The van der Waals surface area contributed by atoms with Crippen LogP contribution in [0.25, 0.3) is 0 Å². The lowest BCUT2D eigenvalue weighted by molar-refractivity contribution is 0.0636. The van der Waals surface area contributed by atoms with E-state index in [-0.39, 0.29) is 24.0 Å². The van der Waals surface area contributed by atoms with Gasteiger partial charge < -0.3 is 20.1 Å². The zero-order chi connectivity index (χ0) is 22.7. The average Bonchev–Trinajstić information content (AvgIpc) is 2.66. The van der Waals surface area contributed by atoms with Gasteiger partial charge in [0.1, 0.15) is 5.60 Å². The number of methoxy groups -OCH3 is 1. The van der Waals surface area contributed by atoms with Crippen molar-refractivity contribution in [1.82, 2.24) is 10.6 Å². The van der Waals surface area contributed by atoms with E-state index in [1.807, 2.05) is 45.0 Å². The Morgan fingerprint density at radius 2 is 1.84 bits per heavy atom. The third-order valence-corrected chi connectivity index (χ3v) is 5.47. The summed E-state index contributed by atoms with van der Waals surface area (Å²) in [5.74, 6) is 0.870. The second-order valence-electron chi connectivity index (χ2n) is 9.29. The molecule has 0 unspecified atom stereocenters. The van der Waals surface area contributed by atoms with Crippen LogP contribution in [0.15, 0.2) is 29.3 Å². The van der Waals surface area contributed by atoms with E-state index in [0.717, 1.165) is 50.7 Å². The van der Waals surface area contributed by atoms with Gasteiger partial charge >= 0.3 is 6.09 Å². The Balaban J connectivity index is 0.00000512. The van der Waals surface area contributed by atoms with Crippen LogP contribution in [0, 0.1) is 5.41 Å². The Bertz CT molecular complexity index is 713. The minimum Gasteiger partial charge on any atom is -0.444 e.